The van der Waals surface area contributed by atoms with E-state index in [1.165, 1.54) is 0 Å². The van der Waals surface area contributed by atoms with Gasteiger partial charge in [-0.15, -0.1) is 10.2 Å². The number of nitrogens with two attached hydrogens (primary N) is 1. The van der Waals surface area contributed by atoms with E-state index in [1.807, 2.05) is 13.8 Å². The first-order valence-electron chi connectivity index (χ1n) is 5.30. The van der Waals surface area contributed by atoms with Crippen molar-refractivity contribution in [3.05, 3.63) is 5.82 Å². The molecule has 1 aliphatic rings. The van der Waals surface area contributed by atoms with Crippen LogP contribution in [0.2, 0.25) is 0 Å². The highest BCUT2D eigenvalue weighted by atomic mass is 32.2. The van der Waals surface area contributed by atoms with Crippen LogP contribution in [0.25, 0.3) is 0 Å². The maximum absolute atomic E-state index is 11.4. The van der Waals surface area contributed by atoms with Crippen LogP contribution in [0, 0.1) is 5.92 Å². The minimum Gasteiger partial charge on any atom is -0.298 e. The molecule has 6 nitrogen and oxygen atoms in total. The highest BCUT2D eigenvalue weighted by Gasteiger charge is 2.40. The summed E-state index contributed by atoms with van der Waals surface area (Å²) < 4.78 is 24.3. The molecule has 0 saturated heterocycles. The second kappa shape index (κ2) is 3.53. The lowest BCUT2D eigenvalue weighted by molar-refractivity contribution is 0.502. The van der Waals surface area contributed by atoms with Gasteiger partial charge in [0.2, 0.25) is 0 Å². The van der Waals surface area contributed by atoms with Gasteiger partial charge in [0.1, 0.15) is 5.82 Å². The quantitative estimate of drug-likeness (QED) is 0.844. The van der Waals surface area contributed by atoms with E-state index in [0.717, 1.165) is 12.2 Å². The van der Waals surface area contributed by atoms with E-state index in [2.05, 4.69) is 17.1 Å². The lowest BCUT2D eigenvalue weighted by atomic mass is 10.3. The minimum atomic E-state index is -3.79. The van der Waals surface area contributed by atoms with Crippen LogP contribution >= 0.6 is 0 Å². The molecule has 0 spiro atoms. The molecule has 2 N–H and O–H groups in total. The SMILES string of the molecule is CC1CC1c1nnc(S(N)(=O)=O)n1C(C)C. The molecule has 1 aliphatic carbocycles. The van der Waals surface area contributed by atoms with E-state index in [4.69, 9.17) is 5.14 Å². The molecule has 1 saturated carbocycles. The van der Waals surface area contributed by atoms with E-state index >= 15 is 0 Å². The summed E-state index contributed by atoms with van der Waals surface area (Å²) in [7, 11) is -3.79. The topological polar surface area (TPSA) is 90.9 Å². The van der Waals surface area contributed by atoms with Crippen LogP contribution in [-0.2, 0) is 10.0 Å². The largest absolute Gasteiger partial charge is 0.298 e. The summed E-state index contributed by atoms with van der Waals surface area (Å²) in [6.45, 7) is 5.91. The number of rotatable bonds is 3. The first kappa shape index (κ1) is 11.5. The number of hydrogen-bond donors (Lipinski definition) is 1. The summed E-state index contributed by atoms with van der Waals surface area (Å²) in [5, 5.41) is 12.7. The first-order chi connectivity index (χ1) is 7.32. The molecule has 16 heavy (non-hydrogen) atoms. The van der Waals surface area contributed by atoms with Gasteiger partial charge in [0.05, 0.1) is 0 Å². The standard InChI is InChI=1S/C9H16N4O2S/c1-5(2)13-8(7-4-6(7)3)11-12-9(13)16(10,14)15/h5-7H,4H2,1-3H3,(H2,10,14,15). The zero-order valence-corrected chi connectivity index (χ0v) is 10.4. The van der Waals surface area contributed by atoms with Crippen molar-refractivity contribution in [2.45, 2.75) is 44.3 Å². The predicted octanol–water partition coefficient (Wildman–Crippen LogP) is 0.630. The lowest BCUT2D eigenvalue weighted by Gasteiger charge is -2.12. The Labute approximate surface area is 94.9 Å². The Bertz CT molecular complexity index is 506. The smallest absolute Gasteiger partial charge is 0.273 e. The number of nitrogens with zero attached hydrogens (tertiary/aromatic N) is 3. The second-order valence-corrected chi connectivity index (χ2v) is 6.12. The fraction of sp³-hybridized carbons (Fsp3) is 0.778. The van der Waals surface area contributed by atoms with Crippen molar-refractivity contribution in [1.82, 2.24) is 14.8 Å². The molecule has 90 valence electrons. The molecule has 0 amide bonds. The van der Waals surface area contributed by atoms with Crippen molar-refractivity contribution in [2.75, 3.05) is 0 Å². The monoisotopic (exact) mass is 244 g/mol. The van der Waals surface area contributed by atoms with Crippen molar-refractivity contribution in [1.29, 1.82) is 0 Å². The molecule has 2 unspecified atom stereocenters. The Morgan fingerprint density at radius 2 is 2.00 bits per heavy atom. The molecule has 2 atom stereocenters. The van der Waals surface area contributed by atoms with E-state index in [0.29, 0.717) is 11.8 Å². The summed E-state index contributed by atoms with van der Waals surface area (Å²) in [6, 6.07) is -0.00822. The molecule has 1 aromatic rings. The number of hydrogen-bond acceptors (Lipinski definition) is 4. The van der Waals surface area contributed by atoms with Crippen LogP contribution in [0.5, 0.6) is 0 Å². The van der Waals surface area contributed by atoms with E-state index in [1.54, 1.807) is 4.57 Å². The third-order valence-corrected chi connectivity index (χ3v) is 3.69. The first-order valence-corrected chi connectivity index (χ1v) is 6.84. The fourth-order valence-corrected chi connectivity index (χ4v) is 2.64. The van der Waals surface area contributed by atoms with Crippen molar-refractivity contribution >= 4 is 10.0 Å². The van der Waals surface area contributed by atoms with Gasteiger partial charge >= 0.3 is 0 Å². The fourth-order valence-electron chi connectivity index (χ4n) is 1.90. The van der Waals surface area contributed by atoms with E-state index in [-0.39, 0.29) is 11.2 Å². The zero-order chi connectivity index (χ0) is 12.1. The molecule has 0 radical (unpaired) electrons. The molecule has 7 heteroatoms. The van der Waals surface area contributed by atoms with Crippen LogP contribution < -0.4 is 5.14 Å². The normalized spacial score (nSPS) is 25.1. The van der Waals surface area contributed by atoms with Gasteiger partial charge < -0.3 is 0 Å². The minimum absolute atomic E-state index is 0.00822. The molecular weight excluding hydrogens is 228 g/mol. The van der Waals surface area contributed by atoms with Crippen LogP contribution in [-0.4, -0.2) is 23.2 Å². The van der Waals surface area contributed by atoms with Gasteiger partial charge in [-0.2, -0.15) is 0 Å². The zero-order valence-electron chi connectivity index (χ0n) is 9.58. The summed E-state index contributed by atoms with van der Waals surface area (Å²) in [4.78, 5) is 0. The van der Waals surface area contributed by atoms with Crippen molar-refractivity contribution < 1.29 is 8.42 Å². The molecular formula is C9H16N4O2S. The van der Waals surface area contributed by atoms with Gasteiger partial charge in [0.15, 0.2) is 0 Å². The van der Waals surface area contributed by atoms with E-state index < -0.39 is 10.0 Å². The molecule has 0 bridgehead atoms. The number of primary sulfonamides is 1. The Morgan fingerprint density at radius 1 is 1.44 bits per heavy atom. The molecule has 0 aliphatic heterocycles. The maximum Gasteiger partial charge on any atom is 0.273 e. The van der Waals surface area contributed by atoms with Crippen LogP contribution in [0.4, 0.5) is 0 Å². The second-order valence-electron chi connectivity index (χ2n) is 4.67. The molecule has 1 aromatic heterocycles. The maximum atomic E-state index is 11.4. The van der Waals surface area contributed by atoms with Crippen molar-refractivity contribution in [3.8, 4) is 0 Å². The Balaban J connectivity index is 2.53. The van der Waals surface area contributed by atoms with Gasteiger partial charge in [-0.3, -0.25) is 4.57 Å². The van der Waals surface area contributed by atoms with Gasteiger partial charge in [0, 0.05) is 12.0 Å². The highest BCUT2D eigenvalue weighted by Crippen LogP contribution is 2.46. The van der Waals surface area contributed by atoms with Gasteiger partial charge in [0.25, 0.3) is 15.2 Å². The Kier molecular flexibility index (Phi) is 2.54. The molecule has 1 fully saturated rings. The molecule has 2 rings (SSSR count). The number of sulfonamides is 1. The van der Waals surface area contributed by atoms with Gasteiger partial charge in [-0.05, 0) is 26.2 Å². The average molecular weight is 244 g/mol. The summed E-state index contributed by atoms with van der Waals surface area (Å²) >= 11 is 0. The number of aromatic nitrogens is 3. The summed E-state index contributed by atoms with van der Waals surface area (Å²) in [5.41, 5.74) is 0. The Morgan fingerprint density at radius 3 is 2.38 bits per heavy atom. The summed E-state index contributed by atoms with van der Waals surface area (Å²) in [6.07, 6.45) is 1.04. The van der Waals surface area contributed by atoms with Crippen molar-refractivity contribution in [2.24, 2.45) is 11.1 Å². The third kappa shape index (κ3) is 1.84. The summed E-state index contributed by atoms with van der Waals surface area (Å²) in [5.74, 6) is 1.62. The van der Waals surface area contributed by atoms with Crippen LogP contribution in [0.3, 0.4) is 0 Å². The van der Waals surface area contributed by atoms with Gasteiger partial charge in [-0.1, -0.05) is 6.92 Å². The average Bonchev–Trinajstić information content (AvgIpc) is 2.70. The van der Waals surface area contributed by atoms with Crippen LogP contribution in [0.1, 0.15) is 45.0 Å². The predicted molar refractivity (Wildman–Crippen MR) is 58.3 cm³/mol. The molecule has 0 aromatic carbocycles. The highest BCUT2D eigenvalue weighted by molar-refractivity contribution is 7.89. The Hall–Kier alpha value is -0.950. The van der Waals surface area contributed by atoms with Gasteiger partial charge in [-0.25, -0.2) is 13.6 Å². The van der Waals surface area contributed by atoms with E-state index in [9.17, 15) is 8.42 Å². The molecule has 1 heterocycles. The third-order valence-electron chi connectivity index (χ3n) is 2.90. The van der Waals surface area contributed by atoms with Crippen LogP contribution in [0.15, 0.2) is 5.16 Å². The lowest BCUT2D eigenvalue weighted by Crippen LogP contribution is -2.20. The van der Waals surface area contributed by atoms with Crippen molar-refractivity contribution in [3.63, 3.8) is 0 Å².